The van der Waals surface area contributed by atoms with Gasteiger partial charge in [0.2, 0.25) is 0 Å². The summed E-state index contributed by atoms with van der Waals surface area (Å²) < 4.78 is 4.98. The molecule has 0 fully saturated rings. The van der Waals surface area contributed by atoms with Gasteiger partial charge in [0.05, 0.1) is 11.5 Å². The van der Waals surface area contributed by atoms with Crippen LogP contribution in [0.15, 0.2) is 71.2 Å². The van der Waals surface area contributed by atoms with Gasteiger partial charge in [-0.2, -0.15) is 5.10 Å². The van der Waals surface area contributed by atoms with E-state index in [1.807, 2.05) is 0 Å². The predicted molar refractivity (Wildman–Crippen MR) is 105 cm³/mol. The number of nitrogens with two attached hydrogens (primary N) is 1. The molecule has 0 atom stereocenters. The molecule has 1 amide bonds. The van der Waals surface area contributed by atoms with E-state index in [4.69, 9.17) is 10.5 Å². The predicted octanol–water partition coefficient (Wildman–Crippen LogP) is 2.72. The van der Waals surface area contributed by atoms with Crippen molar-refractivity contribution in [1.82, 2.24) is 0 Å². The largest absolute Gasteiger partial charge is 0.480 e. The molecule has 2 rings (SSSR count). The SMILES string of the molecule is CCO/C(O)=C(C(=O)Nc1ccccc1)/C(N)=N\Nc1ccccc1[N+](=O)[O-]. The number of carbonyl (C=O) groups excluding carboxylic acids is 1. The van der Waals surface area contributed by atoms with Crippen LogP contribution in [0.2, 0.25) is 0 Å². The molecule has 146 valence electrons. The lowest BCUT2D eigenvalue weighted by Gasteiger charge is -2.11. The molecule has 0 heterocycles. The van der Waals surface area contributed by atoms with Crippen LogP contribution in [0, 0.1) is 10.1 Å². The first kappa shape index (κ1) is 20.2. The minimum Gasteiger partial charge on any atom is -0.480 e. The Kier molecular flexibility index (Phi) is 6.92. The first-order valence-corrected chi connectivity index (χ1v) is 8.19. The Labute approximate surface area is 160 Å². The van der Waals surface area contributed by atoms with Crippen molar-refractivity contribution in [3.05, 3.63) is 76.2 Å². The molecule has 28 heavy (non-hydrogen) atoms. The number of nitrogens with one attached hydrogen (secondary N) is 2. The van der Waals surface area contributed by atoms with Gasteiger partial charge < -0.3 is 20.9 Å². The van der Waals surface area contributed by atoms with Crippen LogP contribution in [-0.2, 0) is 9.53 Å². The summed E-state index contributed by atoms with van der Waals surface area (Å²) in [7, 11) is 0. The Hall–Kier alpha value is -4.08. The number of aliphatic hydroxyl groups is 1. The molecule has 2 aromatic carbocycles. The monoisotopic (exact) mass is 385 g/mol. The van der Waals surface area contributed by atoms with Gasteiger partial charge in [0.25, 0.3) is 17.5 Å². The number of rotatable bonds is 8. The minimum absolute atomic E-state index is 0.0640. The van der Waals surface area contributed by atoms with Gasteiger partial charge >= 0.3 is 0 Å². The summed E-state index contributed by atoms with van der Waals surface area (Å²) in [4.78, 5) is 23.0. The van der Waals surface area contributed by atoms with Crippen LogP contribution < -0.4 is 16.5 Å². The number of carbonyl (C=O) groups is 1. The zero-order chi connectivity index (χ0) is 20.5. The number of nitro benzene ring substituents is 1. The molecule has 0 aliphatic heterocycles. The molecule has 2 aromatic rings. The minimum atomic E-state index is -0.761. The van der Waals surface area contributed by atoms with Crippen LogP contribution in [0.25, 0.3) is 0 Å². The van der Waals surface area contributed by atoms with E-state index in [1.165, 1.54) is 18.2 Å². The molecule has 0 bridgehead atoms. The van der Waals surface area contributed by atoms with Crippen LogP contribution in [0.3, 0.4) is 0 Å². The van der Waals surface area contributed by atoms with Crippen LogP contribution in [0.4, 0.5) is 17.1 Å². The molecule has 0 aliphatic rings. The van der Waals surface area contributed by atoms with Gasteiger partial charge in [-0.25, -0.2) is 0 Å². The molecule has 0 aromatic heterocycles. The number of amides is 1. The number of amidine groups is 1. The standard InChI is InChI=1S/C18H19N5O5/c1-2-28-18(25)15(17(24)20-12-8-4-3-5-9-12)16(19)22-21-13-10-6-7-11-14(13)23(26)27/h3-11,21,25H,2H2,1H3,(H2,19,22)(H,20,24)/b18-15-. The van der Waals surface area contributed by atoms with Gasteiger partial charge in [-0.15, -0.1) is 0 Å². The topological polar surface area (TPSA) is 152 Å². The fourth-order valence-corrected chi connectivity index (χ4v) is 2.15. The Bertz CT molecular complexity index is 912. The molecule has 0 aliphatic carbocycles. The third-order valence-corrected chi connectivity index (χ3v) is 3.41. The average molecular weight is 385 g/mol. The van der Waals surface area contributed by atoms with Crippen molar-refractivity contribution in [2.75, 3.05) is 17.3 Å². The lowest BCUT2D eigenvalue weighted by molar-refractivity contribution is -0.384. The molecular formula is C18H19N5O5. The van der Waals surface area contributed by atoms with E-state index in [2.05, 4.69) is 15.8 Å². The highest BCUT2D eigenvalue weighted by Crippen LogP contribution is 2.23. The number of ether oxygens (including phenoxy) is 1. The molecule has 10 nitrogen and oxygen atoms in total. The molecular weight excluding hydrogens is 366 g/mol. The fourth-order valence-electron chi connectivity index (χ4n) is 2.15. The highest BCUT2D eigenvalue weighted by atomic mass is 16.6. The first-order chi connectivity index (χ1) is 13.4. The Morgan fingerprint density at radius 1 is 1.21 bits per heavy atom. The molecule has 0 unspecified atom stereocenters. The van der Waals surface area contributed by atoms with E-state index < -0.39 is 28.2 Å². The van der Waals surface area contributed by atoms with Crippen LogP contribution >= 0.6 is 0 Å². The number of anilines is 2. The summed E-state index contributed by atoms with van der Waals surface area (Å²) in [6.07, 6.45) is 0. The second-order valence-electron chi connectivity index (χ2n) is 5.32. The van der Waals surface area contributed by atoms with Gasteiger partial charge in [-0.1, -0.05) is 30.3 Å². The number of hydrogen-bond acceptors (Lipinski definition) is 7. The van der Waals surface area contributed by atoms with Crippen LogP contribution in [0.1, 0.15) is 6.92 Å². The van der Waals surface area contributed by atoms with E-state index in [9.17, 15) is 20.0 Å². The smallest absolute Gasteiger partial charge is 0.294 e. The number of benzene rings is 2. The first-order valence-electron chi connectivity index (χ1n) is 8.19. The highest BCUT2D eigenvalue weighted by molar-refractivity contribution is 6.24. The molecule has 0 saturated heterocycles. The van der Waals surface area contributed by atoms with Crippen molar-refractivity contribution in [3.63, 3.8) is 0 Å². The summed E-state index contributed by atoms with van der Waals surface area (Å²) in [6, 6.07) is 14.3. The summed E-state index contributed by atoms with van der Waals surface area (Å²) in [5.74, 6) is -1.90. The van der Waals surface area contributed by atoms with E-state index >= 15 is 0 Å². The van der Waals surface area contributed by atoms with Gasteiger partial charge in [0, 0.05) is 11.8 Å². The Morgan fingerprint density at radius 2 is 1.86 bits per heavy atom. The summed E-state index contributed by atoms with van der Waals surface area (Å²) in [5, 5.41) is 27.5. The van der Waals surface area contributed by atoms with Crippen molar-refractivity contribution in [2.24, 2.45) is 10.8 Å². The molecule has 0 radical (unpaired) electrons. The quantitative estimate of drug-likeness (QED) is 0.136. The van der Waals surface area contributed by atoms with E-state index in [-0.39, 0.29) is 18.0 Å². The second kappa shape index (κ2) is 9.57. The molecule has 10 heteroatoms. The summed E-state index contributed by atoms with van der Waals surface area (Å²) >= 11 is 0. The number of aliphatic hydroxyl groups excluding tert-OH is 1. The third-order valence-electron chi connectivity index (χ3n) is 3.41. The van der Waals surface area contributed by atoms with Crippen LogP contribution in [0.5, 0.6) is 0 Å². The molecule has 0 spiro atoms. The zero-order valence-corrected chi connectivity index (χ0v) is 15.0. The molecule has 5 N–H and O–H groups in total. The number of nitrogens with zero attached hydrogens (tertiary/aromatic N) is 2. The number of para-hydroxylation sites is 3. The Morgan fingerprint density at radius 3 is 2.50 bits per heavy atom. The van der Waals surface area contributed by atoms with Crippen molar-refractivity contribution in [3.8, 4) is 0 Å². The average Bonchev–Trinajstić information content (AvgIpc) is 2.67. The number of hydrogen-bond donors (Lipinski definition) is 4. The van der Waals surface area contributed by atoms with E-state index in [1.54, 1.807) is 43.3 Å². The van der Waals surface area contributed by atoms with Crippen molar-refractivity contribution in [1.29, 1.82) is 0 Å². The van der Waals surface area contributed by atoms with Gasteiger partial charge in [0.15, 0.2) is 11.4 Å². The second-order valence-corrected chi connectivity index (χ2v) is 5.32. The Balaban J connectivity index is 2.31. The normalized spacial score (nSPS) is 12.0. The fraction of sp³-hybridized carbons (Fsp3) is 0.111. The van der Waals surface area contributed by atoms with E-state index in [0.717, 1.165) is 0 Å². The zero-order valence-electron chi connectivity index (χ0n) is 15.0. The van der Waals surface area contributed by atoms with Crippen molar-refractivity contribution >= 4 is 28.8 Å². The lowest BCUT2D eigenvalue weighted by Crippen LogP contribution is -2.29. The highest BCUT2D eigenvalue weighted by Gasteiger charge is 2.22. The van der Waals surface area contributed by atoms with Gasteiger partial charge in [-0.05, 0) is 25.1 Å². The maximum absolute atomic E-state index is 12.6. The van der Waals surface area contributed by atoms with E-state index in [0.29, 0.717) is 5.69 Å². The van der Waals surface area contributed by atoms with Gasteiger partial charge in [0.1, 0.15) is 5.69 Å². The van der Waals surface area contributed by atoms with Gasteiger partial charge in [-0.3, -0.25) is 20.3 Å². The third kappa shape index (κ3) is 5.21. The number of nitro groups is 1. The van der Waals surface area contributed by atoms with Crippen LogP contribution in [-0.4, -0.2) is 28.4 Å². The van der Waals surface area contributed by atoms with Crippen molar-refractivity contribution in [2.45, 2.75) is 6.92 Å². The maximum atomic E-state index is 12.6. The summed E-state index contributed by atoms with van der Waals surface area (Å²) in [5.41, 5.74) is 8.15. The summed E-state index contributed by atoms with van der Waals surface area (Å²) in [6.45, 7) is 1.70. The molecule has 0 saturated carbocycles. The maximum Gasteiger partial charge on any atom is 0.294 e. The lowest BCUT2D eigenvalue weighted by atomic mass is 10.2. The van der Waals surface area contributed by atoms with Crippen molar-refractivity contribution < 1.29 is 19.6 Å². The number of hydrazone groups is 1.